The van der Waals surface area contributed by atoms with Crippen molar-refractivity contribution in [3.63, 3.8) is 0 Å². The fourth-order valence-corrected chi connectivity index (χ4v) is 3.94. The zero-order valence-corrected chi connectivity index (χ0v) is 10.8. The van der Waals surface area contributed by atoms with Gasteiger partial charge in [-0.05, 0) is 13.3 Å². The Morgan fingerprint density at radius 1 is 1.60 bits per heavy atom. The minimum absolute atomic E-state index is 0.121. The van der Waals surface area contributed by atoms with E-state index in [4.69, 9.17) is 5.73 Å². The Hall–Kier alpha value is 0.130. The van der Waals surface area contributed by atoms with E-state index in [-0.39, 0.29) is 11.9 Å². The van der Waals surface area contributed by atoms with Gasteiger partial charge < -0.3 is 11.1 Å². The van der Waals surface area contributed by atoms with Gasteiger partial charge in [-0.1, -0.05) is 0 Å². The van der Waals surface area contributed by atoms with Crippen LogP contribution >= 0.6 is 23.5 Å². The molecule has 0 aromatic heterocycles. The smallest absolute Gasteiger partial charge is 0.220 e. The molecule has 88 valence electrons. The maximum atomic E-state index is 11.4. The first-order valence-electron chi connectivity index (χ1n) is 5.40. The summed E-state index contributed by atoms with van der Waals surface area (Å²) in [5.74, 6) is 3.77. The predicted octanol–water partition coefficient (Wildman–Crippen LogP) is 1.08. The highest BCUT2D eigenvalue weighted by molar-refractivity contribution is 8.06. The molecule has 0 bridgehead atoms. The molecule has 1 aliphatic rings. The van der Waals surface area contributed by atoms with Crippen LogP contribution in [0.1, 0.15) is 19.8 Å². The van der Waals surface area contributed by atoms with Crippen molar-refractivity contribution in [3.8, 4) is 0 Å². The third-order valence-electron chi connectivity index (χ3n) is 2.24. The van der Waals surface area contributed by atoms with E-state index in [9.17, 15) is 4.79 Å². The van der Waals surface area contributed by atoms with Gasteiger partial charge in [-0.15, -0.1) is 0 Å². The van der Waals surface area contributed by atoms with Crippen molar-refractivity contribution in [2.24, 2.45) is 5.73 Å². The number of thioether (sulfide) groups is 2. The Balaban J connectivity index is 2.05. The van der Waals surface area contributed by atoms with E-state index >= 15 is 0 Å². The van der Waals surface area contributed by atoms with Crippen LogP contribution in [0.5, 0.6) is 0 Å². The molecule has 0 spiro atoms. The molecular weight excluding hydrogens is 228 g/mol. The SMILES string of the molecule is CC(N)CCC(=O)NCC1CSCCS1. The second kappa shape index (κ2) is 7.41. The summed E-state index contributed by atoms with van der Waals surface area (Å²) in [7, 11) is 0. The predicted molar refractivity (Wildman–Crippen MR) is 69.5 cm³/mol. The van der Waals surface area contributed by atoms with Gasteiger partial charge >= 0.3 is 0 Å². The highest BCUT2D eigenvalue weighted by Gasteiger charge is 2.14. The lowest BCUT2D eigenvalue weighted by molar-refractivity contribution is -0.121. The van der Waals surface area contributed by atoms with Gasteiger partial charge in [0, 0.05) is 41.5 Å². The van der Waals surface area contributed by atoms with Crippen molar-refractivity contribution in [1.82, 2.24) is 5.32 Å². The van der Waals surface area contributed by atoms with Crippen LogP contribution in [0.25, 0.3) is 0 Å². The molecule has 0 saturated carbocycles. The van der Waals surface area contributed by atoms with Crippen molar-refractivity contribution in [2.75, 3.05) is 23.8 Å². The number of amides is 1. The average Bonchev–Trinajstić information content (AvgIpc) is 2.25. The van der Waals surface area contributed by atoms with Crippen molar-refractivity contribution in [1.29, 1.82) is 0 Å². The molecule has 15 heavy (non-hydrogen) atoms. The van der Waals surface area contributed by atoms with Crippen LogP contribution in [0.4, 0.5) is 0 Å². The molecule has 1 amide bonds. The van der Waals surface area contributed by atoms with E-state index in [1.807, 2.05) is 30.4 Å². The minimum Gasteiger partial charge on any atom is -0.355 e. The standard InChI is InChI=1S/C10H20N2OS2/c1-8(11)2-3-10(13)12-6-9-7-14-4-5-15-9/h8-9H,2-7,11H2,1H3,(H,12,13). The maximum Gasteiger partial charge on any atom is 0.220 e. The Morgan fingerprint density at radius 3 is 3.00 bits per heavy atom. The second-order valence-corrected chi connectivity index (χ2v) is 6.45. The number of rotatable bonds is 5. The van der Waals surface area contributed by atoms with Gasteiger partial charge in [0.05, 0.1) is 0 Å². The third-order valence-corrected chi connectivity index (χ3v) is 5.08. The second-order valence-electron chi connectivity index (χ2n) is 3.89. The summed E-state index contributed by atoms with van der Waals surface area (Å²) in [5, 5.41) is 3.58. The molecule has 2 atom stereocenters. The summed E-state index contributed by atoms with van der Waals surface area (Å²) in [6, 6.07) is 0.121. The maximum absolute atomic E-state index is 11.4. The molecule has 0 radical (unpaired) electrons. The topological polar surface area (TPSA) is 55.1 Å². The Bertz CT molecular complexity index is 194. The summed E-state index contributed by atoms with van der Waals surface area (Å²) in [6.07, 6.45) is 1.33. The van der Waals surface area contributed by atoms with Crippen LogP contribution in [0.2, 0.25) is 0 Å². The van der Waals surface area contributed by atoms with Gasteiger partial charge in [0.2, 0.25) is 5.91 Å². The molecule has 5 heteroatoms. The molecule has 1 fully saturated rings. The molecular formula is C10H20N2OS2. The molecule has 1 heterocycles. The quantitative estimate of drug-likeness (QED) is 0.764. The average molecular weight is 248 g/mol. The van der Waals surface area contributed by atoms with Crippen molar-refractivity contribution in [2.45, 2.75) is 31.1 Å². The first-order valence-corrected chi connectivity index (χ1v) is 7.60. The van der Waals surface area contributed by atoms with E-state index in [0.29, 0.717) is 11.7 Å². The summed E-state index contributed by atoms with van der Waals surface area (Å²) in [5.41, 5.74) is 5.59. The van der Waals surface area contributed by atoms with E-state index in [2.05, 4.69) is 5.32 Å². The van der Waals surface area contributed by atoms with Crippen LogP contribution in [-0.4, -0.2) is 41.0 Å². The molecule has 2 unspecified atom stereocenters. The molecule has 3 nitrogen and oxygen atoms in total. The van der Waals surface area contributed by atoms with Crippen molar-refractivity contribution >= 4 is 29.4 Å². The highest BCUT2D eigenvalue weighted by atomic mass is 32.2. The van der Waals surface area contributed by atoms with Gasteiger partial charge in [-0.25, -0.2) is 0 Å². The lowest BCUT2D eigenvalue weighted by Gasteiger charge is -2.21. The van der Waals surface area contributed by atoms with Gasteiger partial charge in [-0.3, -0.25) is 4.79 Å². The van der Waals surface area contributed by atoms with Crippen molar-refractivity contribution in [3.05, 3.63) is 0 Å². The Labute approximate surface area is 100 Å². The monoisotopic (exact) mass is 248 g/mol. The first-order chi connectivity index (χ1) is 7.18. The fraction of sp³-hybridized carbons (Fsp3) is 0.900. The highest BCUT2D eigenvalue weighted by Crippen LogP contribution is 2.23. The summed E-state index contributed by atoms with van der Waals surface area (Å²) < 4.78 is 0. The molecule has 1 saturated heterocycles. The van der Waals surface area contributed by atoms with E-state index in [0.717, 1.165) is 18.7 Å². The first kappa shape index (κ1) is 13.2. The minimum atomic E-state index is 0.121. The molecule has 3 N–H and O–H groups in total. The molecule has 0 aromatic rings. The fourth-order valence-electron chi connectivity index (χ4n) is 1.33. The Kier molecular flexibility index (Phi) is 6.52. The number of nitrogens with one attached hydrogen (secondary N) is 1. The van der Waals surface area contributed by atoms with Gasteiger partial charge in [0.1, 0.15) is 0 Å². The lowest BCUT2D eigenvalue weighted by atomic mass is 10.2. The van der Waals surface area contributed by atoms with Crippen LogP contribution in [0.3, 0.4) is 0 Å². The Morgan fingerprint density at radius 2 is 2.40 bits per heavy atom. The van der Waals surface area contributed by atoms with E-state index in [1.165, 1.54) is 11.5 Å². The number of carbonyl (C=O) groups excluding carboxylic acids is 1. The van der Waals surface area contributed by atoms with Crippen molar-refractivity contribution < 1.29 is 4.79 Å². The largest absolute Gasteiger partial charge is 0.355 e. The van der Waals surface area contributed by atoms with Gasteiger partial charge in [0.25, 0.3) is 0 Å². The van der Waals surface area contributed by atoms with Gasteiger partial charge in [0.15, 0.2) is 0 Å². The molecule has 1 rings (SSSR count). The van der Waals surface area contributed by atoms with Crippen LogP contribution in [0, 0.1) is 0 Å². The van der Waals surface area contributed by atoms with Crippen LogP contribution in [-0.2, 0) is 4.79 Å². The molecule has 0 aromatic carbocycles. The number of carbonyl (C=O) groups is 1. The van der Waals surface area contributed by atoms with Crippen LogP contribution < -0.4 is 11.1 Å². The third kappa shape index (κ3) is 6.33. The molecule has 0 aliphatic carbocycles. The summed E-state index contributed by atoms with van der Waals surface area (Å²) in [4.78, 5) is 11.4. The number of hydrogen-bond donors (Lipinski definition) is 2. The number of nitrogens with two attached hydrogens (primary N) is 1. The zero-order valence-electron chi connectivity index (χ0n) is 9.20. The van der Waals surface area contributed by atoms with E-state index < -0.39 is 0 Å². The van der Waals surface area contributed by atoms with Crippen LogP contribution in [0.15, 0.2) is 0 Å². The number of hydrogen-bond acceptors (Lipinski definition) is 4. The zero-order chi connectivity index (χ0) is 11.1. The van der Waals surface area contributed by atoms with E-state index in [1.54, 1.807) is 0 Å². The molecule has 1 aliphatic heterocycles. The normalized spacial score (nSPS) is 23.5. The van der Waals surface area contributed by atoms with Gasteiger partial charge in [-0.2, -0.15) is 23.5 Å². The lowest BCUT2D eigenvalue weighted by Crippen LogP contribution is -2.34. The summed E-state index contributed by atoms with van der Waals surface area (Å²) >= 11 is 3.95. The summed E-state index contributed by atoms with van der Waals surface area (Å²) in [6.45, 7) is 2.75.